The molecule has 1 fully saturated rings. The standard InChI is InChI=1S/C19H17N5OS.C9H11Cl.C4H8/c1-11-7-17(26-18(11)19(20)25)24-10-23-14-8-12(3-5-15(14)24)13-4-6-16(21-2)22-9-13;1-7(2)8-5-3-4-6-9(8)10;1-4-2-3-4/h3-10H,1-2H3,(H2,20,25)(H,21,22);3-7H,1-2H3;4H,2-3H2,1H3. The number of hydrogen-bond acceptors (Lipinski definition) is 5. The monoisotopic (exact) mass is 573 g/mol. The van der Waals surface area contributed by atoms with Crippen molar-refractivity contribution in [2.75, 3.05) is 12.4 Å². The number of carbonyl (C=O) groups is 1. The van der Waals surface area contributed by atoms with E-state index in [-0.39, 0.29) is 0 Å². The zero-order valence-corrected chi connectivity index (χ0v) is 25.2. The van der Waals surface area contributed by atoms with Gasteiger partial charge in [0.15, 0.2) is 0 Å². The zero-order chi connectivity index (χ0) is 28.8. The first-order chi connectivity index (χ1) is 19.2. The van der Waals surface area contributed by atoms with E-state index in [1.807, 2.05) is 79.3 Å². The lowest BCUT2D eigenvalue weighted by Gasteiger charge is -2.05. The van der Waals surface area contributed by atoms with Crippen molar-refractivity contribution in [2.24, 2.45) is 11.7 Å². The quantitative estimate of drug-likeness (QED) is 0.221. The number of nitrogens with zero attached hydrogens (tertiary/aromatic N) is 3. The highest BCUT2D eigenvalue weighted by Gasteiger charge is 2.14. The minimum atomic E-state index is -0.400. The van der Waals surface area contributed by atoms with Gasteiger partial charge in [-0.2, -0.15) is 0 Å². The Morgan fingerprint density at radius 2 is 1.77 bits per heavy atom. The Balaban J connectivity index is 0.000000216. The summed E-state index contributed by atoms with van der Waals surface area (Å²) >= 11 is 7.30. The Bertz CT molecular complexity index is 1580. The van der Waals surface area contributed by atoms with Crippen LogP contribution in [0.15, 0.2) is 73.2 Å². The number of aromatic nitrogens is 3. The predicted molar refractivity (Wildman–Crippen MR) is 169 cm³/mol. The van der Waals surface area contributed by atoms with Crippen LogP contribution in [0.4, 0.5) is 5.82 Å². The van der Waals surface area contributed by atoms with Gasteiger partial charge in [0.2, 0.25) is 0 Å². The lowest BCUT2D eigenvalue weighted by Crippen LogP contribution is -2.09. The van der Waals surface area contributed by atoms with Gasteiger partial charge >= 0.3 is 0 Å². The summed E-state index contributed by atoms with van der Waals surface area (Å²) in [7, 11) is 1.84. The minimum Gasteiger partial charge on any atom is -0.373 e. The number of fused-ring (bicyclic) bond motifs is 1. The molecule has 0 aliphatic heterocycles. The molecule has 0 bridgehead atoms. The summed E-state index contributed by atoms with van der Waals surface area (Å²) in [6.07, 6.45) is 6.58. The van der Waals surface area contributed by atoms with E-state index < -0.39 is 5.91 Å². The molecule has 208 valence electrons. The highest BCUT2D eigenvalue weighted by atomic mass is 35.5. The van der Waals surface area contributed by atoms with E-state index in [0.717, 1.165) is 49.5 Å². The maximum absolute atomic E-state index is 11.5. The van der Waals surface area contributed by atoms with Gasteiger partial charge in [-0.1, -0.05) is 69.5 Å². The molecule has 40 heavy (non-hydrogen) atoms. The summed E-state index contributed by atoms with van der Waals surface area (Å²) in [4.78, 5) is 21.0. The van der Waals surface area contributed by atoms with Crippen LogP contribution in [0, 0.1) is 12.8 Å². The Kier molecular flexibility index (Phi) is 9.61. The van der Waals surface area contributed by atoms with Crippen LogP contribution in [0.1, 0.15) is 60.3 Å². The molecule has 6 nitrogen and oxygen atoms in total. The van der Waals surface area contributed by atoms with Gasteiger partial charge in [-0.05, 0) is 71.8 Å². The van der Waals surface area contributed by atoms with E-state index >= 15 is 0 Å². The van der Waals surface area contributed by atoms with E-state index in [4.69, 9.17) is 17.3 Å². The first kappa shape index (κ1) is 29.3. The minimum absolute atomic E-state index is 0.400. The number of amides is 1. The number of anilines is 1. The number of aryl methyl sites for hydroxylation is 1. The van der Waals surface area contributed by atoms with Crippen LogP contribution in [0.5, 0.6) is 0 Å². The van der Waals surface area contributed by atoms with Crippen LogP contribution in [0.2, 0.25) is 5.02 Å². The van der Waals surface area contributed by atoms with E-state index in [1.165, 1.54) is 29.7 Å². The smallest absolute Gasteiger partial charge is 0.259 e. The molecule has 0 unspecified atom stereocenters. The van der Waals surface area contributed by atoms with Gasteiger partial charge in [0, 0.05) is 23.8 Å². The Hall–Kier alpha value is -3.68. The van der Waals surface area contributed by atoms with Crippen LogP contribution < -0.4 is 11.1 Å². The molecular formula is C32H36ClN5OS. The molecule has 3 aromatic heterocycles. The maximum Gasteiger partial charge on any atom is 0.259 e. The van der Waals surface area contributed by atoms with E-state index in [0.29, 0.717) is 10.8 Å². The molecule has 1 amide bonds. The molecule has 2 aromatic carbocycles. The number of hydrogen-bond donors (Lipinski definition) is 2. The lowest BCUT2D eigenvalue weighted by molar-refractivity contribution is 0.100. The third-order valence-electron chi connectivity index (χ3n) is 6.66. The van der Waals surface area contributed by atoms with Crippen LogP contribution in [-0.2, 0) is 0 Å². The van der Waals surface area contributed by atoms with Crippen LogP contribution in [0.25, 0.3) is 27.2 Å². The van der Waals surface area contributed by atoms with Crippen molar-refractivity contribution in [1.29, 1.82) is 0 Å². The molecule has 0 saturated heterocycles. The molecule has 0 spiro atoms. The summed E-state index contributed by atoms with van der Waals surface area (Å²) in [6, 6.07) is 20.0. The molecule has 0 atom stereocenters. The van der Waals surface area contributed by atoms with Gasteiger partial charge in [0.25, 0.3) is 5.91 Å². The third kappa shape index (κ3) is 7.29. The molecule has 1 aliphatic rings. The van der Waals surface area contributed by atoms with E-state index in [1.54, 1.807) is 6.33 Å². The normalized spacial score (nSPS) is 12.4. The van der Waals surface area contributed by atoms with Crippen molar-refractivity contribution in [3.8, 4) is 16.1 Å². The Morgan fingerprint density at radius 1 is 1.07 bits per heavy atom. The van der Waals surface area contributed by atoms with Crippen LogP contribution in [-0.4, -0.2) is 27.5 Å². The summed E-state index contributed by atoms with van der Waals surface area (Å²) < 4.78 is 1.98. The number of primary amides is 1. The molecule has 5 aromatic rings. The number of carbonyl (C=O) groups excluding carboxylic acids is 1. The molecule has 6 rings (SSSR count). The van der Waals surface area contributed by atoms with Crippen molar-refractivity contribution in [3.63, 3.8) is 0 Å². The molecule has 0 radical (unpaired) electrons. The highest BCUT2D eigenvalue weighted by Crippen LogP contribution is 2.30. The Labute approximate surface area is 245 Å². The van der Waals surface area contributed by atoms with Crippen molar-refractivity contribution in [2.45, 2.75) is 46.5 Å². The second-order valence-electron chi connectivity index (χ2n) is 10.3. The second kappa shape index (κ2) is 13.1. The average molecular weight is 574 g/mol. The summed E-state index contributed by atoms with van der Waals surface area (Å²) in [5.74, 6) is 2.04. The topological polar surface area (TPSA) is 85.8 Å². The fourth-order valence-electron chi connectivity index (χ4n) is 4.02. The van der Waals surface area contributed by atoms with Gasteiger partial charge < -0.3 is 11.1 Å². The van der Waals surface area contributed by atoms with E-state index in [9.17, 15) is 4.79 Å². The first-order valence-corrected chi connectivity index (χ1v) is 14.6. The number of benzene rings is 2. The van der Waals surface area contributed by atoms with Crippen LogP contribution in [0.3, 0.4) is 0 Å². The number of thiophene rings is 1. The van der Waals surface area contributed by atoms with Gasteiger partial charge in [0.1, 0.15) is 17.1 Å². The number of pyridine rings is 1. The SMILES string of the molecule is CC(C)c1ccccc1Cl.CC1CC1.CNc1ccc(-c2ccc3c(c2)ncn3-c2cc(C)c(C(N)=O)s2)cn1. The number of nitrogens with one attached hydrogen (secondary N) is 1. The van der Waals surface area contributed by atoms with Crippen molar-refractivity contribution in [3.05, 3.63) is 94.2 Å². The lowest BCUT2D eigenvalue weighted by atomic mass is 10.0. The molecule has 3 N–H and O–H groups in total. The molecule has 1 saturated carbocycles. The summed E-state index contributed by atoms with van der Waals surface area (Å²) in [6.45, 7) is 8.45. The third-order valence-corrected chi connectivity index (χ3v) is 8.25. The summed E-state index contributed by atoms with van der Waals surface area (Å²) in [5, 5.41) is 4.81. The van der Waals surface area contributed by atoms with Crippen molar-refractivity contribution < 1.29 is 4.79 Å². The number of imidazole rings is 1. The molecule has 1 aliphatic carbocycles. The summed E-state index contributed by atoms with van der Waals surface area (Å²) in [5.41, 5.74) is 11.5. The van der Waals surface area contributed by atoms with Gasteiger partial charge in [-0.25, -0.2) is 9.97 Å². The fraction of sp³-hybridized carbons (Fsp3) is 0.281. The molecule has 3 heterocycles. The largest absolute Gasteiger partial charge is 0.373 e. The molecular weight excluding hydrogens is 538 g/mol. The van der Waals surface area contributed by atoms with E-state index in [2.05, 4.69) is 42.1 Å². The van der Waals surface area contributed by atoms with Gasteiger partial charge in [-0.15, -0.1) is 11.3 Å². The average Bonchev–Trinajstić information content (AvgIpc) is 3.45. The molecule has 8 heteroatoms. The van der Waals surface area contributed by atoms with Gasteiger partial charge in [-0.3, -0.25) is 9.36 Å². The van der Waals surface area contributed by atoms with Crippen molar-refractivity contribution >= 4 is 45.7 Å². The highest BCUT2D eigenvalue weighted by molar-refractivity contribution is 7.16. The van der Waals surface area contributed by atoms with Crippen LogP contribution >= 0.6 is 22.9 Å². The maximum atomic E-state index is 11.5. The second-order valence-corrected chi connectivity index (χ2v) is 11.8. The number of rotatable bonds is 5. The van der Waals surface area contributed by atoms with Crippen molar-refractivity contribution in [1.82, 2.24) is 14.5 Å². The fourth-order valence-corrected chi connectivity index (χ4v) is 5.38. The Morgan fingerprint density at radius 3 is 2.30 bits per heavy atom. The zero-order valence-electron chi connectivity index (χ0n) is 23.6. The van der Waals surface area contributed by atoms with Gasteiger partial charge in [0.05, 0.1) is 15.9 Å². The first-order valence-electron chi connectivity index (χ1n) is 13.4. The predicted octanol–water partition coefficient (Wildman–Crippen LogP) is 8.48. The number of halogens is 1. The number of nitrogens with two attached hydrogens (primary N) is 1.